The zero-order chi connectivity index (χ0) is 12.8. The van der Waals surface area contributed by atoms with Gasteiger partial charge < -0.3 is 0 Å². The molecule has 2 atom stereocenters. The van der Waals surface area contributed by atoms with Crippen LogP contribution in [-0.4, -0.2) is 4.98 Å². The van der Waals surface area contributed by atoms with E-state index < -0.39 is 0 Å². The molecule has 1 heterocycles. The SMILES string of the molecule is CCCC(C(C)Cc1ccccc1)[n+]1cc[nH]c1. The first-order valence-electron chi connectivity index (χ1n) is 6.88. The van der Waals surface area contributed by atoms with Crippen LogP contribution in [0.15, 0.2) is 49.1 Å². The molecule has 0 aliphatic carbocycles. The fourth-order valence-corrected chi connectivity index (χ4v) is 2.65. The first-order chi connectivity index (χ1) is 8.81. The second-order valence-electron chi connectivity index (χ2n) is 5.08. The second-order valence-corrected chi connectivity index (χ2v) is 5.08. The van der Waals surface area contributed by atoms with Gasteiger partial charge in [0.1, 0.15) is 18.4 Å². The summed E-state index contributed by atoms with van der Waals surface area (Å²) in [6, 6.07) is 11.4. The number of rotatable bonds is 6. The van der Waals surface area contributed by atoms with Crippen LogP contribution >= 0.6 is 0 Å². The highest BCUT2D eigenvalue weighted by Crippen LogP contribution is 2.21. The zero-order valence-corrected chi connectivity index (χ0v) is 11.3. The summed E-state index contributed by atoms with van der Waals surface area (Å²) in [6.07, 6.45) is 9.81. The third-order valence-electron chi connectivity index (χ3n) is 3.59. The van der Waals surface area contributed by atoms with Gasteiger partial charge in [0.2, 0.25) is 6.33 Å². The number of aromatic amines is 1. The molecule has 1 N–H and O–H groups in total. The normalized spacial score (nSPS) is 14.3. The van der Waals surface area contributed by atoms with Gasteiger partial charge in [-0.25, -0.2) is 4.57 Å². The number of imidazole rings is 1. The molecule has 0 fully saturated rings. The number of hydrogen-bond donors (Lipinski definition) is 1. The molecule has 1 aromatic heterocycles. The summed E-state index contributed by atoms with van der Waals surface area (Å²) in [5, 5.41) is 0. The van der Waals surface area contributed by atoms with E-state index in [9.17, 15) is 0 Å². The molecule has 2 aromatic rings. The van der Waals surface area contributed by atoms with Gasteiger partial charge in [0, 0.05) is 5.92 Å². The number of H-pyrrole nitrogens is 1. The van der Waals surface area contributed by atoms with Crippen LogP contribution in [0.2, 0.25) is 0 Å². The third kappa shape index (κ3) is 3.22. The van der Waals surface area contributed by atoms with Crippen LogP contribution in [0.3, 0.4) is 0 Å². The predicted molar refractivity (Wildman–Crippen MR) is 74.2 cm³/mol. The molecule has 2 rings (SSSR count). The van der Waals surface area contributed by atoms with Crippen molar-refractivity contribution >= 4 is 0 Å². The average Bonchev–Trinajstić information content (AvgIpc) is 2.90. The fourth-order valence-electron chi connectivity index (χ4n) is 2.65. The highest BCUT2D eigenvalue weighted by Gasteiger charge is 2.22. The van der Waals surface area contributed by atoms with E-state index >= 15 is 0 Å². The number of nitrogens with zero attached hydrogens (tertiary/aromatic N) is 1. The van der Waals surface area contributed by atoms with E-state index in [0.29, 0.717) is 12.0 Å². The Morgan fingerprint density at radius 2 is 2.00 bits per heavy atom. The fraction of sp³-hybridized carbons (Fsp3) is 0.438. The van der Waals surface area contributed by atoms with Gasteiger partial charge in [-0.3, -0.25) is 4.98 Å². The summed E-state index contributed by atoms with van der Waals surface area (Å²) in [4.78, 5) is 3.15. The summed E-state index contributed by atoms with van der Waals surface area (Å²) in [6.45, 7) is 4.61. The summed E-state index contributed by atoms with van der Waals surface area (Å²) >= 11 is 0. The Labute approximate surface area is 110 Å². The van der Waals surface area contributed by atoms with Crippen LogP contribution in [-0.2, 0) is 6.42 Å². The van der Waals surface area contributed by atoms with Crippen molar-refractivity contribution in [3.05, 3.63) is 54.6 Å². The molecular formula is C16H23N2+. The minimum atomic E-state index is 0.585. The van der Waals surface area contributed by atoms with Crippen molar-refractivity contribution in [3.8, 4) is 0 Å². The molecule has 0 radical (unpaired) electrons. The lowest BCUT2D eigenvalue weighted by molar-refractivity contribution is -0.729. The van der Waals surface area contributed by atoms with E-state index in [4.69, 9.17) is 0 Å². The van der Waals surface area contributed by atoms with E-state index in [1.807, 2.05) is 6.20 Å². The molecule has 0 aliphatic heterocycles. The molecule has 1 aromatic carbocycles. The lowest BCUT2D eigenvalue weighted by Crippen LogP contribution is -2.41. The molecule has 0 saturated carbocycles. The summed E-state index contributed by atoms with van der Waals surface area (Å²) < 4.78 is 2.32. The lowest BCUT2D eigenvalue weighted by Gasteiger charge is -2.20. The van der Waals surface area contributed by atoms with Crippen molar-refractivity contribution in [1.29, 1.82) is 0 Å². The minimum absolute atomic E-state index is 0.585. The van der Waals surface area contributed by atoms with Crippen LogP contribution < -0.4 is 4.57 Å². The predicted octanol–water partition coefficient (Wildman–Crippen LogP) is 3.52. The van der Waals surface area contributed by atoms with Crippen molar-refractivity contribution in [2.75, 3.05) is 0 Å². The maximum atomic E-state index is 3.15. The van der Waals surface area contributed by atoms with Gasteiger partial charge in [0.05, 0.1) is 0 Å². The van der Waals surface area contributed by atoms with Gasteiger partial charge in [-0.1, -0.05) is 50.6 Å². The molecule has 2 heteroatoms. The smallest absolute Gasteiger partial charge is 0.241 e. The van der Waals surface area contributed by atoms with Gasteiger partial charge in [0.15, 0.2) is 0 Å². The first kappa shape index (κ1) is 12.9. The van der Waals surface area contributed by atoms with Crippen molar-refractivity contribution < 1.29 is 4.57 Å². The molecule has 96 valence electrons. The van der Waals surface area contributed by atoms with Crippen LogP contribution in [0.1, 0.15) is 38.3 Å². The Morgan fingerprint density at radius 1 is 1.22 bits per heavy atom. The molecule has 0 amide bonds. The van der Waals surface area contributed by atoms with Crippen molar-refractivity contribution in [2.24, 2.45) is 5.92 Å². The molecule has 18 heavy (non-hydrogen) atoms. The number of nitrogens with one attached hydrogen (secondary N) is 1. The van der Waals surface area contributed by atoms with Crippen molar-refractivity contribution in [1.82, 2.24) is 4.98 Å². The molecule has 2 unspecified atom stereocenters. The highest BCUT2D eigenvalue weighted by atomic mass is 15.1. The van der Waals surface area contributed by atoms with Gasteiger partial charge in [-0.2, -0.15) is 0 Å². The first-order valence-corrected chi connectivity index (χ1v) is 6.88. The van der Waals surface area contributed by atoms with E-state index in [0.717, 1.165) is 6.42 Å². The maximum absolute atomic E-state index is 3.15. The molecular weight excluding hydrogens is 220 g/mol. The number of aromatic nitrogens is 2. The summed E-state index contributed by atoms with van der Waals surface area (Å²) in [5.74, 6) is 0.646. The molecule has 2 nitrogen and oxygen atoms in total. The Balaban J connectivity index is 2.07. The van der Waals surface area contributed by atoms with Crippen molar-refractivity contribution in [3.63, 3.8) is 0 Å². The Bertz CT molecular complexity index is 433. The lowest BCUT2D eigenvalue weighted by atomic mass is 9.91. The standard InChI is InChI=1S/C16H22N2/c1-3-7-16(18-11-10-17-13-18)14(2)12-15-8-5-4-6-9-15/h4-6,8-11,13-14,16H,3,7,12H2,1-2H3/p+1. The topological polar surface area (TPSA) is 19.7 Å². The number of hydrogen-bond acceptors (Lipinski definition) is 0. The summed E-state index contributed by atoms with van der Waals surface area (Å²) in [5.41, 5.74) is 1.43. The van der Waals surface area contributed by atoms with Gasteiger partial charge in [0.25, 0.3) is 0 Å². The highest BCUT2D eigenvalue weighted by molar-refractivity contribution is 5.15. The largest absolute Gasteiger partial charge is 0.250 e. The van der Waals surface area contributed by atoms with E-state index in [-0.39, 0.29) is 0 Å². The quantitative estimate of drug-likeness (QED) is 0.749. The Hall–Kier alpha value is -1.57. The Kier molecular flexibility index (Phi) is 4.57. The van der Waals surface area contributed by atoms with Crippen LogP contribution in [0.4, 0.5) is 0 Å². The van der Waals surface area contributed by atoms with Crippen LogP contribution in [0, 0.1) is 5.92 Å². The van der Waals surface area contributed by atoms with E-state index in [1.165, 1.54) is 18.4 Å². The van der Waals surface area contributed by atoms with Crippen molar-refractivity contribution in [2.45, 2.75) is 39.2 Å². The van der Waals surface area contributed by atoms with Crippen LogP contribution in [0.25, 0.3) is 0 Å². The van der Waals surface area contributed by atoms with Crippen LogP contribution in [0.5, 0.6) is 0 Å². The summed E-state index contributed by atoms with van der Waals surface area (Å²) in [7, 11) is 0. The molecule has 0 saturated heterocycles. The Morgan fingerprint density at radius 3 is 2.61 bits per heavy atom. The van der Waals surface area contributed by atoms with Gasteiger partial charge >= 0.3 is 0 Å². The van der Waals surface area contributed by atoms with E-state index in [2.05, 4.69) is 66.3 Å². The minimum Gasteiger partial charge on any atom is -0.250 e. The van der Waals surface area contributed by atoms with E-state index in [1.54, 1.807) is 0 Å². The maximum Gasteiger partial charge on any atom is 0.241 e. The van der Waals surface area contributed by atoms with Gasteiger partial charge in [-0.05, 0) is 18.4 Å². The average molecular weight is 243 g/mol. The second kappa shape index (κ2) is 6.39. The third-order valence-corrected chi connectivity index (χ3v) is 3.59. The zero-order valence-electron chi connectivity index (χ0n) is 11.3. The molecule has 0 bridgehead atoms. The number of benzene rings is 1. The van der Waals surface area contributed by atoms with Gasteiger partial charge in [-0.15, -0.1) is 0 Å². The monoisotopic (exact) mass is 243 g/mol. The molecule has 0 spiro atoms. The molecule has 0 aliphatic rings.